The fourth-order valence-corrected chi connectivity index (χ4v) is 5.17. The van der Waals surface area contributed by atoms with E-state index in [0.29, 0.717) is 18.7 Å². The number of aryl methyl sites for hydroxylation is 1. The van der Waals surface area contributed by atoms with Crippen LogP contribution in [0.5, 0.6) is 0 Å². The molecule has 0 spiro atoms. The Morgan fingerprint density at radius 1 is 1.09 bits per heavy atom. The minimum absolute atomic E-state index is 0.191. The number of hydrogen-bond acceptors (Lipinski definition) is 5. The molecule has 1 aliphatic carbocycles. The van der Waals surface area contributed by atoms with E-state index in [1.165, 1.54) is 0 Å². The van der Waals surface area contributed by atoms with Gasteiger partial charge in [-0.15, -0.1) is 0 Å². The van der Waals surface area contributed by atoms with Gasteiger partial charge < -0.3 is 15.4 Å². The zero-order valence-electron chi connectivity index (χ0n) is 18.7. The number of fused-ring (bicyclic) bond motifs is 2. The number of nitrogens with zero attached hydrogens (tertiary/aromatic N) is 5. The second-order valence-electron chi connectivity index (χ2n) is 9.20. The van der Waals surface area contributed by atoms with Crippen LogP contribution in [0.2, 0.25) is 0 Å². The molecule has 3 N–H and O–H groups in total. The molecule has 0 unspecified atom stereocenters. The highest BCUT2D eigenvalue weighted by atomic mass is 16.3. The van der Waals surface area contributed by atoms with Gasteiger partial charge in [-0.05, 0) is 38.8 Å². The molecule has 1 fully saturated rings. The molecule has 6 rings (SSSR count). The van der Waals surface area contributed by atoms with Gasteiger partial charge in [0.1, 0.15) is 28.7 Å². The molecular weight excluding hydrogens is 412 g/mol. The van der Waals surface area contributed by atoms with Gasteiger partial charge in [0.05, 0.1) is 16.6 Å². The van der Waals surface area contributed by atoms with Crippen LogP contribution in [0.25, 0.3) is 39.2 Å². The Kier molecular flexibility index (Phi) is 4.32. The number of imidazole rings is 2. The van der Waals surface area contributed by atoms with Crippen molar-refractivity contribution in [1.82, 2.24) is 23.9 Å². The summed E-state index contributed by atoms with van der Waals surface area (Å²) in [4.78, 5) is 14.3. The Bertz CT molecular complexity index is 1490. The van der Waals surface area contributed by atoms with Crippen LogP contribution >= 0.6 is 0 Å². The van der Waals surface area contributed by atoms with Gasteiger partial charge >= 0.3 is 0 Å². The van der Waals surface area contributed by atoms with E-state index in [0.717, 1.165) is 51.6 Å². The van der Waals surface area contributed by atoms with E-state index in [1.54, 1.807) is 6.20 Å². The molecule has 2 aromatic carbocycles. The van der Waals surface area contributed by atoms with Gasteiger partial charge in [0.2, 0.25) is 0 Å². The Hall–Kier alpha value is -3.71. The van der Waals surface area contributed by atoms with Crippen molar-refractivity contribution in [2.75, 3.05) is 5.73 Å². The summed E-state index contributed by atoms with van der Waals surface area (Å²) in [6.07, 6.45) is 4.98. The molecular formula is C26H26N6O. The second kappa shape index (κ2) is 7.15. The fourth-order valence-electron chi connectivity index (χ4n) is 5.17. The smallest absolute Gasteiger partial charge is 0.150 e. The Morgan fingerprint density at radius 3 is 2.61 bits per heavy atom. The minimum atomic E-state index is -0.630. The molecule has 166 valence electrons. The molecule has 3 aromatic heterocycles. The third kappa shape index (κ3) is 3.11. The number of benzene rings is 2. The van der Waals surface area contributed by atoms with Gasteiger partial charge in [0.15, 0.2) is 0 Å². The third-order valence-electron chi connectivity index (χ3n) is 6.72. The molecule has 0 radical (unpaired) electrons. The highest BCUT2D eigenvalue weighted by molar-refractivity contribution is 5.91. The molecule has 33 heavy (non-hydrogen) atoms. The van der Waals surface area contributed by atoms with E-state index in [2.05, 4.69) is 46.8 Å². The summed E-state index contributed by atoms with van der Waals surface area (Å²) in [7, 11) is 0. The molecule has 0 atom stereocenters. The molecule has 5 aromatic rings. The maximum Gasteiger partial charge on any atom is 0.150 e. The normalized spacial score (nSPS) is 20.4. The van der Waals surface area contributed by atoms with E-state index in [9.17, 15) is 5.11 Å². The lowest BCUT2D eigenvalue weighted by molar-refractivity contribution is -0.0335. The lowest BCUT2D eigenvalue weighted by Gasteiger charge is -2.40. The van der Waals surface area contributed by atoms with Crippen LogP contribution < -0.4 is 5.73 Å². The monoisotopic (exact) mass is 438 g/mol. The van der Waals surface area contributed by atoms with E-state index < -0.39 is 5.60 Å². The average Bonchev–Trinajstić information content (AvgIpc) is 3.37. The second-order valence-corrected chi connectivity index (χ2v) is 9.20. The van der Waals surface area contributed by atoms with E-state index in [-0.39, 0.29) is 5.92 Å². The molecule has 7 nitrogen and oxygen atoms in total. The zero-order valence-corrected chi connectivity index (χ0v) is 18.7. The van der Waals surface area contributed by atoms with Crippen LogP contribution in [0.3, 0.4) is 0 Å². The lowest BCUT2D eigenvalue weighted by atomic mass is 9.72. The molecule has 0 amide bonds. The van der Waals surface area contributed by atoms with Crippen LogP contribution in [0.1, 0.15) is 38.4 Å². The topological polar surface area (TPSA) is 94.3 Å². The SMILES string of the molecule is CCn1c(-c2ccccc2)nc2cc(-c3nc([C@H]4C[C@@](C)(O)C4)n4ccnc(N)c34)ccc21. The Morgan fingerprint density at radius 2 is 1.88 bits per heavy atom. The van der Waals surface area contributed by atoms with Crippen LogP contribution in [-0.2, 0) is 6.54 Å². The van der Waals surface area contributed by atoms with Gasteiger partial charge in [0.25, 0.3) is 0 Å². The summed E-state index contributed by atoms with van der Waals surface area (Å²) in [5.41, 5.74) is 11.4. The molecule has 3 heterocycles. The minimum Gasteiger partial charge on any atom is -0.390 e. The Balaban J connectivity index is 1.52. The van der Waals surface area contributed by atoms with Crippen LogP contribution in [0.4, 0.5) is 5.82 Å². The van der Waals surface area contributed by atoms with Gasteiger partial charge in [-0.3, -0.25) is 4.40 Å². The van der Waals surface area contributed by atoms with Crippen molar-refractivity contribution in [3.8, 4) is 22.6 Å². The number of rotatable bonds is 4. The quantitative estimate of drug-likeness (QED) is 0.426. The standard InChI is InChI=1S/C26H26N6O/c1-3-31-20-10-9-17(13-19(20)29-24(31)16-7-5-4-6-8-16)21-22-23(27)28-11-12-32(22)25(30-21)18-14-26(2,33)15-18/h4-13,18,33H,3,14-15H2,1-2H3,(H2,27,28)/t18-,26+. The van der Waals surface area contributed by atoms with Gasteiger partial charge in [-0.2, -0.15) is 0 Å². The maximum atomic E-state index is 10.3. The highest BCUT2D eigenvalue weighted by Gasteiger charge is 2.41. The largest absolute Gasteiger partial charge is 0.390 e. The van der Waals surface area contributed by atoms with Crippen LogP contribution in [0, 0.1) is 0 Å². The number of aliphatic hydroxyl groups is 1. The maximum absolute atomic E-state index is 10.3. The summed E-state index contributed by atoms with van der Waals surface area (Å²) >= 11 is 0. The first kappa shape index (κ1) is 19.9. The first-order valence-corrected chi connectivity index (χ1v) is 11.4. The van der Waals surface area contributed by atoms with Gasteiger partial charge in [-0.1, -0.05) is 36.4 Å². The van der Waals surface area contributed by atoms with Crippen molar-refractivity contribution in [3.05, 3.63) is 66.7 Å². The Labute approximate surface area is 191 Å². The predicted molar refractivity (Wildman–Crippen MR) is 130 cm³/mol. The van der Waals surface area contributed by atoms with Crippen LogP contribution in [0.15, 0.2) is 60.9 Å². The summed E-state index contributed by atoms with van der Waals surface area (Å²) in [6, 6.07) is 16.5. The number of anilines is 1. The summed E-state index contributed by atoms with van der Waals surface area (Å²) in [5.74, 6) is 2.51. The van der Waals surface area contributed by atoms with E-state index in [1.807, 2.05) is 35.7 Å². The highest BCUT2D eigenvalue weighted by Crippen LogP contribution is 2.45. The summed E-state index contributed by atoms with van der Waals surface area (Å²) in [5, 5.41) is 10.3. The first-order chi connectivity index (χ1) is 15.9. The number of aromatic nitrogens is 5. The zero-order chi connectivity index (χ0) is 22.7. The van der Waals surface area contributed by atoms with Gasteiger partial charge in [-0.25, -0.2) is 15.0 Å². The van der Waals surface area contributed by atoms with Crippen molar-refractivity contribution < 1.29 is 5.11 Å². The predicted octanol–water partition coefficient (Wildman–Crippen LogP) is 4.64. The molecule has 1 saturated carbocycles. The fraction of sp³-hybridized carbons (Fsp3) is 0.269. The summed E-state index contributed by atoms with van der Waals surface area (Å²) in [6.45, 7) is 4.84. The molecule has 0 saturated heterocycles. The van der Waals surface area contributed by atoms with Crippen molar-refractivity contribution in [2.24, 2.45) is 0 Å². The molecule has 0 aliphatic heterocycles. The van der Waals surface area contributed by atoms with Crippen LogP contribution in [-0.4, -0.2) is 34.6 Å². The van der Waals surface area contributed by atoms with E-state index >= 15 is 0 Å². The van der Waals surface area contributed by atoms with E-state index in [4.69, 9.17) is 15.7 Å². The van der Waals surface area contributed by atoms with Crippen molar-refractivity contribution in [1.29, 1.82) is 0 Å². The molecule has 7 heteroatoms. The van der Waals surface area contributed by atoms with Crippen molar-refractivity contribution >= 4 is 22.4 Å². The number of nitrogen functional groups attached to an aromatic ring is 1. The van der Waals surface area contributed by atoms with Gasteiger partial charge in [0, 0.05) is 36.0 Å². The van der Waals surface area contributed by atoms with Crippen molar-refractivity contribution in [3.63, 3.8) is 0 Å². The molecule has 1 aliphatic rings. The average molecular weight is 439 g/mol. The number of nitrogens with two attached hydrogens (primary N) is 1. The lowest BCUT2D eigenvalue weighted by Crippen LogP contribution is -2.40. The molecule has 0 bridgehead atoms. The number of hydrogen-bond donors (Lipinski definition) is 2. The van der Waals surface area contributed by atoms with Crippen molar-refractivity contribution in [2.45, 2.75) is 44.8 Å². The first-order valence-electron chi connectivity index (χ1n) is 11.4. The summed E-state index contributed by atoms with van der Waals surface area (Å²) < 4.78 is 4.26. The third-order valence-corrected chi connectivity index (χ3v) is 6.72.